The van der Waals surface area contributed by atoms with Gasteiger partial charge in [-0.15, -0.1) is 0 Å². The van der Waals surface area contributed by atoms with Crippen molar-refractivity contribution < 1.29 is 19.1 Å². The Morgan fingerprint density at radius 3 is 1.50 bits per heavy atom. The van der Waals surface area contributed by atoms with E-state index in [2.05, 4.69) is 19.2 Å². The van der Waals surface area contributed by atoms with Crippen molar-refractivity contribution >= 4 is 12.1 Å². The standard InChI is InChI=1S/C33H63NO4/c1-3-5-7-9-11-13-15-17-19-23-27-37-32(35)29-30-25-21-22-26-31(30)34-33(36)38-28-24-20-18-16-14-12-10-8-6-4-2/h30-31H,3-29H2,1-2H3,(H,34,36)/t30-,31+/m0/s1. The highest BCUT2D eigenvalue weighted by molar-refractivity contribution is 5.70. The van der Waals surface area contributed by atoms with Gasteiger partial charge < -0.3 is 14.8 Å². The zero-order valence-electron chi connectivity index (χ0n) is 25.4. The van der Waals surface area contributed by atoms with Gasteiger partial charge in [-0.05, 0) is 31.6 Å². The maximum atomic E-state index is 12.4. The second-order valence-corrected chi connectivity index (χ2v) is 11.7. The van der Waals surface area contributed by atoms with Crippen molar-refractivity contribution in [1.29, 1.82) is 0 Å². The molecule has 1 amide bonds. The molecule has 2 atom stereocenters. The number of amides is 1. The van der Waals surface area contributed by atoms with Gasteiger partial charge in [-0.3, -0.25) is 4.79 Å². The average Bonchev–Trinajstić information content (AvgIpc) is 2.91. The van der Waals surface area contributed by atoms with E-state index in [0.29, 0.717) is 19.6 Å². The van der Waals surface area contributed by atoms with Crippen LogP contribution in [0.5, 0.6) is 0 Å². The van der Waals surface area contributed by atoms with Crippen LogP contribution < -0.4 is 5.32 Å². The Morgan fingerprint density at radius 1 is 0.579 bits per heavy atom. The Kier molecular flexibility index (Phi) is 23.8. The van der Waals surface area contributed by atoms with Gasteiger partial charge in [0.2, 0.25) is 0 Å². The predicted octanol–water partition coefficient (Wildman–Crippen LogP) is 10.0. The summed E-state index contributed by atoms with van der Waals surface area (Å²) in [4.78, 5) is 24.8. The number of ether oxygens (including phenoxy) is 2. The van der Waals surface area contributed by atoms with Gasteiger partial charge >= 0.3 is 12.1 Å². The van der Waals surface area contributed by atoms with Crippen LogP contribution in [0.2, 0.25) is 0 Å². The van der Waals surface area contributed by atoms with Gasteiger partial charge in [0.1, 0.15) is 0 Å². The molecule has 1 aliphatic carbocycles. The molecule has 0 aromatic carbocycles. The molecule has 1 fully saturated rings. The number of esters is 1. The number of carbonyl (C=O) groups is 2. The van der Waals surface area contributed by atoms with Crippen LogP contribution in [0.4, 0.5) is 4.79 Å². The van der Waals surface area contributed by atoms with E-state index < -0.39 is 0 Å². The first kappa shape index (κ1) is 34.8. The van der Waals surface area contributed by atoms with Crippen LogP contribution in [0.15, 0.2) is 0 Å². The van der Waals surface area contributed by atoms with Crippen molar-refractivity contribution in [3.8, 4) is 0 Å². The fourth-order valence-corrected chi connectivity index (χ4v) is 5.64. The van der Waals surface area contributed by atoms with Crippen LogP contribution in [0.1, 0.15) is 174 Å². The van der Waals surface area contributed by atoms with E-state index in [1.807, 2.05) is 0 Å². The Hall–Kier alpha value is -1.26. The summed E-state index contributed by atoms with van der Waals surface area (Å²) in [5.41, 5.74) is 0. The molecule has 1 N–H and O–H groups in total. The first-order chi connectivity index (χ1) is 18.7. The molecule has 1 aliphatic rings. The Balaban J connectivity index is 2.04. The molecule has 38 heavy (non-hydrogen) atoms. The maximum Gasteiger partial charge on any atom is 0.407 e. The number of rotatable bonds is 25. The smallest absolute Gasteiger partial charge is 0.407 e. The van der Waals surface area contributed by atoms with Crippen LogP contribution in [-0.2, 0) is 14.3 Å². The zero-order chi connectivity index (χ0) is 27.5. The molecule has 5 nitrogen and oxygen atoms in total. The molecule has 0 aromatic heterocycles. The molecule has 0 heterocycles. The van der Waals surface area contributed by atoms with Crippen LogP contribution in [0.3, 0.4) is 0 Å². The maximum absolute atomic E-state index is 12.4. The first-order valence-corrected chi connectivity index (χ1v) is 16.8. The summed E-state index contributed by atoms with van der Waals surface area (Å²) in [6.45, 7) is 5.53. The van der Waals surface area contributed by atoms with E-state index in [-0.39, 0.29) is 24.0 Å². The van der Waals surface area contributed by atoms with E-state index in [9.17, 15) is 9.59 Å². The molecule has 224 valence electrons. The predicted molar refractivity (Wildman–Crippen MR) is 159 cm³/mol. The minimum absolute atomic E-state index is 0.0221. The van der Waals surface area contributed by atoms with Gasteiger partial charge in [-0.2, -0.15) is 0 Å². The van der Waals surface area contributed by atoms with E-state index >= 15 is 0 Å². The number of nitrogens with one attached hydrogen (secondary N) is 1. The van der Waals surface area contributed by atoms with Gasteiger partial charge in [0.15, 0.2) is 0 Å². The van der Waals surface area contributed by atoms with Crippen molar-refractivity contribution in [1.82, 2.24) is 5.32 Å². The van der Waals surface area contributed by atoms with Gasteiger partial charge in [0.05, 0.1) is 19.6 Å². The first-order valence-electron chi connectivity index (χ1n) is 16.8. The molecule has 0 saturated heterocycles. The highest BCUT2D eigenvalue weighted by atomic mass is 16.5. The number of hydrogen-bond acceptors (Lipinski definition) is 4. The molecule has 5 heteroatoms. The lowest BCUT2D eigenvalue weighted by Gasteiger charge is -2.31. The van der Waals surface area contributed by atoms with Crippen molar-refractivity contribution in [3.63, 3.8) is 0 Å². The van der Waals surface area contributed by atoms with Crippen LogP contribution in [-0.4, -0.2) is 31.3 Å². The summed E-state index contributed by atoms with van der Waals surface area (Å²) in [6, 6.07) is 0.0221. The molecule has 1 rings (SSSR count). The molecular weight excluding hydrogens is 474 g/mol. The summed E-state index contributed by atoms with van der Waals surface area (Å²) < 4.78 is 11.0. The van der Waals surface area contributed by atoms with E-state index in [1.54, 1.807) is 0 Å². The fourth-order valence-electron chi connectivity index (χ4n) is 5.64. The molecule has 0 radical (unpaired) electrons. The minimum atomic E-state index is -0.323. The van der Waals surface area contributed by atoms with E-state index in [0.717, 1.165) is 51.4 Å². The number of hydrogen-bond donors (Lipinski definition) is 1. The van der Waals surface area contributed by atoms with Crippen molar-refractivity contribution in [2.45, 2.75) is 180 Å². The van der Waals surface area contributed by atoms with Crippen LogP contribution in [0.25, 0.3) is 0 Å². The third-order valence-electron chi connectivity index (χ3n) is 8.13. The third-order valence-corrected chi connectivity index (χ3v) is 8.13. The van der Waals surface area contributed by atoms with Crippen LogP contribution >= 0.6 is 0 Å². The quantitative estimate of drug-likeness (QED) is 0.0929. The summed E-state index contributed by atoms with van der Waals surface area (Å²) in [5.74, 6) is 0.0483. The monoisotopic (exact) mass is 537 g/mol. The highest BCUT2D eigenvalue weighted by Gasteiger charge is 2.29. The minimum Gasteiger partial charge on any atom is -0.466 e. The van der Waals surface area contributed by atoms with E-state index in [4.69, 9.17) is 9.47 Å². The normalized spacial score (nSPS) is 17.3. The average molecular weight is 538 g/mol. The lowest BCUT2D eigenvalue weighted by molar-refractivity contribution is -0.145. The molecule has 0 aliphatic heterocycles. The lowest BCUT2D eigenvalue weighted by atomic mass is 9.82. The largest absolute Gasteiger partial charge is 0.466 e. The summed E-state index contributed by atoms with van der Waals surface area (Å²) in [5, 5.41) is 3.05. The van der Waals surface area contributed by atoms with Gasteiger partial charge in [0, 0.05) is 6.04 Å². The second kappa shape index (κ2) is 26.0. The van der Waals surface area contributed by atoms with Gasteiger partial charge in [-0.25, -0.2) is 4.79 Å². The molecule has 1 saturated carbocycles. The second-order valence-electron chi connectivity index (χ2n) is 11.7. The third kappa shape index (κ3) is 20.7. The molecule has 0 aromatic rings. The fraction of sp³-hybridized carbons (Fsp3) is 0.939. The summed E-state index contributed by atoms with van der Waals surface area (Å²) >= 11 is 0. The molecule has 0 spiro atoms. The number of unbranched alkanes of at least 4 members (excludes halogenated alkanes) is 18. The zero-order valence-corrected chi connectivity index (χ0v) is 25.4. The Bertz CT molecular complexity index is 505. The van der Waals surface area contributed by atoms with Crippen molar-refractivity contribution in [3.05, 3.63) is 0 Å². The molecular formula is C33H63NO4. The number of alkyl carbamates (subject to hydrolysis) is 1. The SMILES string of the molecule is CCCCCCCCCCCCOC(=O)C[C@@H]1CCCC[C@H]1NC(=O)OCCCCCCCCCCCC. The Labute approximate surface area is 236 Å². The lowest BCUT2D eigenvalue weighted by Crippen LogP contribution is -2.43. The van der Waals surface area contributed by atoms with E-state index in [1.165, 1.54) is 103 Å². The molecule has 0 bridgehead atoms. The van der Waals surface area contributed by atoms with Crippen LogP contribution in [0, 0.1) is 5.92 Å². The summed E-state index contributed by atoms with van der Waals surface area (Å²) in [7, 11) is 0. The van der Waals surface area contributed by atoms with Gasteiger partial charge in [0.25, 0.3) is 0 Å². The summed E-state index contributed by atoms with van der Waals surface area (Å²) in [6.07, 6.45) is 29.6. The van der Waals surface area contributed by atoms with Gasteiger partial charge in [-0.1, -0.05) is 142 Å². The van der Waals surface area contributed by atoms with Crippen molar-refractivity contribution in [2.24, 2.45) is 5.92 Å². The Morgan fingerprint density at radius 2 is 1.00 bits per heavy atom. The van der Waals surface area contributed by atoms with Crippen molar-refractivity contribution in [2.75, 3.05) is 13.2 Å². The number of carbonyl (C=O) groups excluding carboxylic acids is 2. The molecule has 0 unspecified atom stereocenters. The highest BCUT2D eigenvalue weighted by Crippen LogP contribution is 2.27. The topological polar surface area (TPSA) is 64.6 Å².